The molecule has 2 aliphatic rings. The van der Waals surface area contributed by atoms with Gasteiger partial charge in [0, 0.05) is 34.0 Å². The first-order valence-electron chi connectivity index (χ1n) is 8.92. The van der Waals surface area contributed by atoms with Crippen LogP contribution in [0.2, 0.25) is 5.02 Å². The summed E-state index contributed by atoms with van der Waals surface area (Å²) in [5.74, 6) is 3.15. The molecular formula is C20H17ClN4O2S. The summed E-state index contributed by atoms with van der Waals surface area (Å²) in [6, 6.07) is 12.9. The molecule has 1 spiro atoms. The summed E-state index contributed by atoms with van der Waals surface area (Å²) in [6.45, 7) is 0. The number of thioether (sulfide) groups is 1. The quantitative estimate of drug-likeness (QED) is 0.689. The number of nitrogens with zero attached hydrogens (tertiary/aromatic N) is 3. The zero-order chi connectivity index (χ0) is 19.3. The van der Waals surface area contributed by atoms with Crippen molar-refractivity contribution in [3.8, 4) is 28.4 Å². The Morgan fingerprint density at radius 1 is 1.25 bits per heavy atom. The van der Waals surface area contributed by atoms with Crippen molar-refractivity contribution < 1.29 is 4.74 Å². The van der Waals surface area contributed by atoms with Crippen LogP contribution in [0.5, 0.6) is 5.75 Å². The standard InChI is InChI=1S/C20H17ClN4O2S/c1-27-14-5-2-12(3-6-14)17-19(26)22-18-15-10-13(21)4-7-16(15)23-20(25(18)24-17)8-9-28-11-20/h2-7,10,23H,8-9,11H2,1H3/t20-/m0/s1. The highest BCUT2D eigenvalue weighted by atomic mass is 35.5. The minimum Gasteiger partial charge on any atom is -0.497 e. The lowest BCUT2D eigenvalue weighted by atomic mass is 10.0. The van der Waals surface area contributed by atoms with Crippen LogP contribution in [-0.4, -0.2) is 33.4 Å². The number of hydrogen-bond donors (Lipinski definition) is 1. The third-order valence-corrected chi connectivity index (χ3v) is 6.58. The number of fused-ring (bicyclic) bond motifs is 4. The molecule has 1 N–H and O–H groups in total. The summed E-state index contributed by atoms with van der Waals surface area (Å²) in [5, 5.41) is 9.01. The van der Waals surface area contributed by atoms with Crippen LogP contribution in [0.4, 0.5) is 5.69 Å². The maximum absolute atomic E-state index is 12.9. The fourth-order valence-electron chi connectivity index (χ4n) is 3.72. The number of rotatable bonds is 2. The van der Waals surface area contributed by atoms with Crippen molar-refractivity contribution in [2.45, 2.75) is 12.1 Å². The average molecular weight is 413 g/mol. The SMILES string of the molecule is COc1ccc(-c2nn3c(nc2=O)-c2cc(Cl)ccc2N[C@@]32CCSC2)cc1. The van der Waals surface area contributed by atoms with Crippen LogP contribution in [-0.2, 0) is 5.66 Å². The van der Waals surface area contributed by atoms with Gasteiger partial charge in [0.25, 0.3) is 5.56 Å². The molecule has 8 heteroatoms. The molecular weight excluding hydrogens is 396 g/mol. The summed E-state index contributed by atoms with van der Waals surface area (Å²) >= 11 is 8.07. The van der Waals surface area contributed by atoms with Gasteiger partial charge < -0.3 is 10.1 Å². The molecule has 1 atom stereocenters. The largest absolute Gasteiger partial charge is 0.497 e. The molecule has 2 aliphatic heterocycles. The van der Waals surface area contributed by atoms with E-state index in [9.17, 15) is 4.79 Å². The molecule has 0 unspecified atom stereocenters. The number of methoxy groups -OCH3 is 1. The highest BCUT2D eigenvalue weighted by molar-refractivity contribution is 7.99. The molecule has 5 rings (SSSR count). The van der Waals surface area contributed by atoms with Crippen LogP contribution in [0.15, 0.2) is 47.3 Å². The van der Waals surface area contributed by atoms with Crippen molar-refractivity contribution in [1.82, 2.24) is 14.8 Å². The second kappa shape index (κ2) is 6.53. The number of benzene rings is 2. The lowest BCUT2D eigenvalue weighted by Gasteiger charge is -2.38. The predicted octanol–water partition coefficient (Wildman–Crippen LogP) is 3.85. The Balaban J connectivity index is 1.74. The number of hydrogen-bond acceptors (Lipinski definition) is 6. The number of halogens is 1. The fraction of sp³-hybridized carbons (Fsp3) is 0.250. The zero-order valence-electron chi connectivity index (χ0n) is 15.1. The van der Waals surface area contributed by atoms with Crippen LogP contribution in [0.3, 0.4) is 0 Å². The Morgan fingerprint density at radius 3 is 2.79 bits per heavy atom. The zero-order valence-corrected chi connectivity index (χ0v) is 16.7. The molecule has 3 heterocycles. The fourth-order valence-corrected chi connectivity index (χ4v) is 5.20. The Hall–Kier alpha value is -2.51. The second-order valence-corrected chi connectivity index (χ2v) is 8.42. The maximum Gasteiger partial charge on any atom is 0.300 e. The predicted molar refractivity (Wildman–Crippen MR) is 112 cm³/mol. The van der Waals surface area contributed by atoms with Gasteiger partial charge in [0.2, 0.25) is 0 Å². The van der Waals surface area contributed by atoms with Gasteiger partial charge in [-0.2, -0.15) is 21.8 Å². The molecule has 2 aromatic carbocycles. The molecule has 1 saturated heterocycles. The van der Waals surface area contributed by atoms with Gasteiger partial charge in [-0.3, -0.25) is 4.79 Å². The van der Waals surface area contributed by atoms with Gasteiger partial charge >= 0.3 is 0 Å². The van der Waals surface area contributed by atoms with Gasteiger partial charge in [0.05, 0.1) is 7.11 Å². The highest BCUT2D eigenvalue weighted by Crippen LogP contribution is 2.44. The van der Waals surface area contributed by atoms with Crippen molar-refractivity contribution >= 4 is 29.1 Å². The first-order chi connectivity index (χ1) is 13.6. The molecule has 3 aromatic rings. The summed E-state index contributed by atoms with van der Waals surface area (Å²) < 4.78 is 7.09. The van der Waals surface area contributed by atoms with Gasteiger partial charge in [-0.1, -0.05) is 11.6 Å². The Labute approximate surface area is 170 Å². The maximum atomic E-state index is 12.9. The molecule has 0 saturated carbocycles. The molecule has 1 fully saturated rings. The van der Waals surface area contributed by atoms with Crippen LogP contribution in [0, 0.1) is 0 Å². The summed E-state index contributed by atoms with van der Waals surface area (Å²) in [6.07, 6.45) is 0.895. The molecule has 6 nitrogen and oxygen atoms in total. The van der Waals surface area contributed by atoms with Crippen LogP contribution in [0.25, 0.3) is 22.6 Å². The van der Waals surface area contributed by atoms with Crippen molar-refractivity contribution in [3.63, 3.8) is 0 Å². The third-order valence-electron chi connectivity index (χ3n) is 5.17. The van der Waals surface area contributed by atoms with E-state index in [1.165, 1.54) is 0 Å². The van der Waals surface area contributed by atoms with Crippen molar-refractivity contribution in [3.05, 3.63) is 57.8 Å². The third kappa shape index (κ3) is 2.69. The van der Waals surface area contributed by atoms with Gasteiger partial charge in [0.1, 0.15) is 11.4 Å². The van der Waals surface area contributed by atoms with E-state index in [1.54, 1.807) is 7.11 Å². The first-order valence-corrected chi connectivity index (χ1v) is 10.5. The van der Waals surface area contributed by atoms with Crippen molar-refractivity contribution in [1.29, 1.82) is 0 Å². The van der Waals surface area contributed by atoms with Gasteiger partial charge in [-0.25, -0.2) is 4.68 Å². The smallest absolute Gasteiger partial charge is 0.300 e. The summed E-state index contributed by atoms with van der Waals surface area (Å²) in [4.78, 5) is 17.3. The first kappa shape index (κ1) is 17.6. The Bertz CT molecular complexity index is 1120. The van der Waals surface area contributed by atoms with E-state index < -0.39 is 5.66 Å². The van der Waals surface area contributed by atoms with E-state index >= 15 is 0 Å². The molecule has 0 aliphatic carbocycles. The number of ether oxygens (including phenoxy) is 1. The van der Waals surface area contributed by atoms with E-state index in [2.05, 4.69) is 10.3 Å². The number of nitrogens with one attached hydrogen (secondary N) is 1. The van der Waals surface area contributed by atoms with Crippen LogP contribution < -0.4 is 15.6 Å². The van der Waals surface area contributed by atoms with E-state index in [0.717, 1.165) is 34.9 Å². The normalized spacial score (nSPS) is 19.8. The van der Waals surface area contributed by atoms with Crippen LogP contribution >= 0.6 is 23.4 Å². The molecule has 0 bridgehead atoms. The minimum absolute atomic E-state index is 0.329. The Kier molecular flexibility index (Phi) is 4.10. The lowest BCUT2D eigenvalue weighted by molar-refractivity contribution is 0.333. The van der Waals surface area contributed by atoms with Crippen molar-refractivity contribution in [2.24, 2.45) is 0 Å². The molecule has 28 heavy (non-hydrogen) atoms. The molecule has 0 amide bonds. The topological polar surface area (TPSA) is 69.0 Å². The molecule has 0 radical (unpaired) electrons. The lowest BCUT2D eigenvalue weighted by Crippen LogP contribution is -2.47. The summed E-state index contributed by atoms with van der Waals surface area (Å²) in [7, 11) is 1.61. The number of anilines is 1. The van der Waals surface area contributed by atoms with E-state index in [0.29, 0.717) is 22.1 Å². The highest BCUT2D eigenvalue weighted by Gasteiger charge is 2.43. The van der Waals surface area contributed by atoms with E-state index in [1.807, 2.05) is 58.9 Å². The van der Waals surface area contributed by atoms with Crippen molar-refractivity contribution in [2.75, 3.05) is 23.9 Å². The van der Waals surface area contributed by atoms with Gasteiger partial charge in [0.15, 0.2) is 11.5 Å². The number of aromatic nitrogens is 3. The average Bonchev–Trinajstić information content (AvgIpc) is 3.18. The van der Waals surface area contributed by atoms with E-state index in [4.69, 9.17) is 21.4 Å². The van der Waals surface area contributed by atoms with Gasteiger partial charge in [-0.15, -0.1) is 0 Å². The Morgan fingerprint density at radius 2 is 2.07 bits per heavy atom. The summed E-state index contributed by atoms with van der Waals surface area (Å²) in [5.41, 5.74) is 2.01. The minimum atomic E-state index is -0.400. The second-order valence-electron chi connectivity index (χ2n) is 6.88. The molecule has 1 aromatic heterocycles. The van der Waals surface area contributed by atoms with Crippen LogP contribution in [0.1, 0.15) is 6.42 Å². The monoisotopic (exact) mass is 412 g/mol. The van der Waals surface area contributed by atoms with E-state index in [-0.39, 0.29) is 5.56 Å². The van der Waals surface area contributed by atoms with Gasteiger partial charge in [-0.05, 0) is 48.2 Å². The molecule has 142 valence electrons.